The number of benzene rings is 1. The summed E-state index contributed by atoms with van der Waals surface area (Å²) in [6.07, 6.45) is 10.5. The average molecular weight is 311 g/mol. The molecule has 0 N–H and O–H groups in total. The van der Waals surface area contributed by atoms with Crippen LogP contribution in [0.15, 0.2) is 36.5 Å². The topological polar surface area (TPSA) is 43.1 Å². The maximum Gasteiger partial charge on any atom is 0.230 e. The molecule has 0 amide bonds. The zero-order valence-corrected chi connectivity index (χ0v) is 13.8. The summed E-state index contributed by atoms with van der Waals surface area (Å²) in [6.45, 7) is 2.12. The second-order valence-electron chi connectivity index (χ2n) is 8.09. The summed E-state index contributed by atoms with van der Waals surface area (Å²) in [5.74, 6) is 3.24. The molecule has 5 rings (SSSR count). The zero-order valence-electron chi connectivity index (χ0n) is 13.8. The summed E-state index contributed by atoms with van der Waals surface area (Å²) in [7, 11) is 0. The molecular formula is C20H25NO2. The molecule has 1 aromatic carbocycles. The molecule has 1 aromatic rings. The number of rotatable bonds is 4. The number of hydrogen-bond donors (Lipinski definition) is 0. The minimum atomic E-state index is -0.321. The van der Waals surface area contributed by atoms with Crippen LogP contribution in [-0.2, 0) is 5.41 Å². The summed E-state index contributed by atoms with van der Waals surface area (Å²) in [4.78, 5) is 10.4. The van der Waals surface area contributed by atoms with Crippen molar-refractivity contribution >= 4 is 0 Å². The van der Waals surface area contributed by atoms with E-state index in [1.54, 1.807) is 0 Å². The van der Waals surface area contributed by atoms with Crippen molar-refractivity contribution in [1.82, 2.24) is 0 Å². The van der Waals surface area contributed by atoms with Gasteiger partial charge in [-0.15, -0.1) is 0 Å². The highest BCUT2D eigenvalue weighted by molar-refractivity contribution is 5.34. The first-order valence-corrected chi connectivity index (χ1v) is 8.95. The van der Waals surface area contributed by atoms with Gasteiger partial charge < -0.3 is 0 Å². The molecule has 4 fully saturated rings. The van der Waals surface area contributed by atoms with Crippen molar-refractivity contribution in [3.8, 4) is 0 Å². The summed E-state index contributed by atoms with van der Waals surface area (Å²) >= 11 is 0. The Labute approximate surface area is 137 Å². The number of nitrogens with zero attached hydrogens (tertiary/aromatic N) is 1. The van der Waals surface area contributed by atoms with Gasteiger partial charge in [0.1, 0.15) is 0 Å². The molecular weight excluding hydrogens is 286 g/mol. The van der Waals surface area contributed by atoms with E-state index in [0.717, 1.165) is 24.5 Å². The highest BCUT2D eigenvalue weighted by atomic mass is 16.6. The van der Waals surface area contributed by atoms with Crippen molar-refractivity contribution in [1.29, 1.82) is 0 Å². The second-order valence-corrected chi connectivity index (χ2v) is 8.09. The molecule has 0 aliphatic heterocycles. The minimum Gasteiger partial charge on any atom is -0.259 e. The van der Waals surface area contributed by atoms with Gasteiger partial charge in [-0.25, -0.2) is 0 Å². The number of nitro groups is 1. The summed E-state index contributed by atoms with van der Waals surface area (Å²) in [5, 5.41) is 10.8. The monoisotopic (exact) mass is 311 g/mol. The van der Waals surface area contributed by atoms with Crippen molar-refractivity contribution in [3.05, 3.63) is 57.8 Å². The molecule has 0 aromatic heterocycles. The lowest BCUT2D eigenvalue weighted by Gasteiger charge is -2.61. The van der Waals surface area contributed by atoms with E-state index in [-0.39, 0.29) is 10.3 Å². The van der Waals surface area contributed by atoms with Gasteiger partial charge in [0.05, 0.1) is 4.92 Å². The average Bonchev–Trinajstić information content (AvgIpc) is 2.50. The van der Waals surface area contributed by atoms with Gasteiger partial charge >= 0.3 is 0 Å². The third-order valence-corrected chi connectivity index (χ3v) is 6.87. The fourth-order valence-corrected chi connectivity index (χ4v) is 6.15. The van der Waals surface area contributed by atoms with Gasteiger partial charge in [-0.3, -0.25) is 10.1 Å². The van der Waals surface area contributed by atoms with Crippen LogP contribution < -0.4 is 0 Å². The molecule has 0 spiro atoms. The van der Waals surface area contributed by atoms with Crippen LogP contribution in [0, 0.1) is 40.7 Å². The smallest absolute Gasteiger partial charge is 0.230 e. The van der Waals surface area contributed by atoms with E-state index < -0.39 is 0 Å². The standard InChI is InChI=1S/C20H25NO2/c1-14-3-5-17(6-4-14)20(7-2-8-21(22)23)18-10-15-9-16(12-18)13-19(20)11-15/h2-6,8,15-16,18-19H,7,9-13H2,1H3. The Kier molecular flexibility index (Phi) is 3.55. The molecule has 0 heterocycles. The Morgan fingerprint density at radius 3 is 2.17 bits per heavy atom. The van der Waals surface area contributed by atoms with Gasteiger partial charge in [0.15, 0.2) is 0 Å². The molecule has 4 saturated carbocycles. The summed E-state index contributed by atoms with van der Waals surface area (Å²) in [5.41, 5.74) is 2.84. The van der Waals surface area contributed by atoms with Crippen LogP contribution in [0.4, 0.5) is 0 Å². The largest absolute Gasteiger partial charge is 0.259 e. The van der Waals surface area contributed by atoms with Crippen molar-refractivity contribution in [2.24, 2.45) is 23.7 Å². The van der Waals surface area contributed by atoms with Gasteiger partial charge in [0.25, 0.3) is 0 Å². The van der Waals surface area contributed by atoms with Crippen LogP contribution in [0.2, 0.25) is 0 Å². The van der Waals surface area contributed by atoms with Crippen LogP contribution in [0.3, 0.4) is 0 Å². The zero-order chi connectivity index (χ0) is 16.0. The molecule has 3 heteroatoms. The summed E-state index contributed by atoms with van der Waals surface area (Å²) in [6, 6.07) is 8.99. The molecule has 3 nitrogen and oxygen atoms in total. The first-order chi connectivity index (χ1) is 11.1. The molecule has 0 atom stereocenters. The Hall–Kier alpha value is -1.64. The first kappa shape index (κ1) is 14.9. The van der Waals surface area contributed by atoms with Gasteiger partial charge in [0.2, 0.25) is 6.20 Å². The Morgan fingerprint density at radius 2 is 1.65 bits per heavy atom. The number of hydrogen-bond acceptors (Lipinski definition) is 2. The van der Waals surface area contributed by atoms with E-state index in [1.807, 2.05) is 6.08 Å². The minimum absolute atomic E-state index is 0.133. The highest BCUT2D eigenvalue weighted by Crippen LogP contribution is 2.64. The normalized spacial score (nSPS) is 38.3. The highest BCUT2D eigenvalue weighted by Gasteiger charge is 2.57. The van der Waals surface area contributed by atoms with Crippen LogP contribution in [0.1, 0.15) is 49.7 Å². The van der Waals surface area contributed by atoms with E-state index >= 15 is 0 Å². The molecule has 4 bridgehead atoms. The Balaban J connectivity index is 1.74. The van der Waals surface area contributed by atoms with Crippen LogP contribution in [-0.4, -0.2) is 4.92 Å². The third kappa shape index (κ3) is 2.41. The first-order valence-electron chi connectivity index (χ1n) is 8.95. The quantitative estimate of drug-likeness (QED) is 0.588. The Morgan fingerprint density at radius 1 is 1.09 bits per heavy atom. The maximum atomic E-state index is 10.8. The van der Waals surface area contributed by atoms with E-state index in [1.165, 1.54) is 43.2 Å². The molecule has 0 saturated heterocycles. The van der Waals surface area contributed by atoms with E-state index in [9.17, 15) is 10.1 Å². The van der Waals surface area contributed by atoms with Gasteiger partial charge in [-0.2, -0.15) is 0 Å². The molecule has 4 aliphatic rings. The number of allylic oxidation sites excluding steroid dienone is 1. The fourth-order valence-electron chi connectivity index (χ4n) is 6.15. The van der Waals surface area contributed by atoms with E-state index in [0.29, 0.717) is 11.8 Å². The lowest BCUT2D eigenvalue weighted by molar-refractivity contribution is -0.402. The predicted octanol–water partition coefficient (Wildman–Crippen LogP) is 4.87. The van der Waals surface area contributed by atoms with Gasteiger partial charge in [-0.1, -0.05) is 29.8 Å². The van der Waals surface area contributed by atoms with Crippen molar-refractivity contribution in [3.63, 3.8) is 0 Å². The third-order valence-electron chi connectivity index (χ3n) is 6.87. The van der Waals surface area contributed by atoms with Gasteiger partial charge in [0, 0.05) is 5.41 Å². The van der Waals surface area contributed by atoms with Crippen molar-refractivity contribution in [2.75, 3.05) is 0 Å². The Bertz CT molecular complexity index is 604. The van der Waals surface area contributed by atoms with Crippen molar-refractivity contribution in [2.45, 2.75) is 50.9 Å². The van der Waals surface area contributed by atoms with E-state index in [4.69, 9.17) is 0 Å². The second kappa shape index (κ2) is 5.47. The van der Waals surface area contributed by atoms with Crippen LogP contribution >= 0.6 is 0 Å². The molecule has 0 unspecified atom stereocenters. The molecule has 122 valence electrons. The van der Waals surface area contributed by atoms with Gasteiger partial charge in [-0.05, 0) is 80.8 Å². The van der Waals surface area contributed by atoms with Crippen molar-refractivity contribution < 1.29 is 4.92 Å². The molecule has 23 heavy (non-hydrogen) atoms. The maximum absolute atomic E-state index is 10.8. The fraction of sp³-hybridized carbons (Fsp3) is 0.600. The lowest BCUT2D eigenvalue weighted by Crippen LogP contribution is -2.55. The lowest BCUT2D eigenvalue weighted by atomic mass is 9.43. The van der Waals surface area contributed by atoms with E-state index in [2.05, 4.69) is 31.2 Å². The van der Waals surface area contributed by atoms with Crippen LogP contribution in [0.5, 0.6) is 0 Å². The molecule has 4 aliphatic carbocycles. The molecule has 0 radical (unpaired) electrons. The SMILES string of the molecule is Cc1ccc(C2(CC=C[N+](=O)[O-])C3CC4CC(C3)CC2C4)cc1. The summed E-state index contributed by atoms with van der Waals surface area (Å²) < 4.78 is 0. The number of aryl methyl sites for hydroxylation is 1. The predicted molar refractivity (Wildman–Crippen MR) is 90.7 cm³/mol. The van der Waals surface area contributed by atoms with Crippen LogP contribution in [0.25, 0.3) is 0 Å².